The zero-order valence-electron chi connectivity index (χ0n) is 15.6. The van der Waals surface area contributed by atoms with Crippen LogP contribution in [-0.2, 0) is 19.4 Å². The molecule has 0 amide bonds. The maximum Gasteiger partial charge on any atom is 0.416 e. The van der Waals surface area contributed by atoms with Gasteiger partial charge in [-0.1, -0.05) is 13.0 Å². The minimum atomic E-state index is -4.49. The lowest BCUT2D eigenvalue weighted by Crippen LogP contribution is -2.04. The molecule has 0 unspecified atom stereocenters. The molecular weight excluding hydrogens is 446 g/mol. The van der Waals surface area contributed by atoms with Crippen LogP contribution in [0, 0.1) is 0 Å². The van der Waals surface area contributed by atoms with E-state index in [1.165, 1.54) is 23.9 Å². The number of alkyl halides is 6. The Morgan fingerprint density at radius 2 is 1.60 bits per heavy atom. The third-order valence-corrected chi connectivity index (χ3v) is 6.95. The van der Waals surface area contributed by atoms with E-state index in [0.29, 0.717) is 32.1 Å². The van der Waals surface area contributed by atoms with Crippen molar-refractivity contribution in [3.63, 3.8) is 0 Å². The van der Waals surface area contributed by atoms with E-state index >= 15 is 0 Å². The van der Waals surface area contributed by atoms with E-state index in [2.05, 4.69) is 4.98 Å². The molecule has 2 aromatic heterocycles. The van der Waals surface area contributed by atoms with Gasteiger partial charge in [-0.25, -0.2) is 4.98 Å². The number of rotatable bonds is 3. The van der Waals surface area contributed by atoms with E-state index < -0.39 is 23.5 Å². The first kappa shape index (κ1) is 21.0. The molecule has 2 aromatic carbocycles. The molecule has 0 aliphatic rings. The number of benzene rings is 2. The number of halogens is 6. The predicted molar refractivity (Wildman–Crippen MR) is 108 cm³/mol. The van der Waals surface area contributed by atoms with Crippen molar-refractivity contribution < 1.29 is 26.3 Å². The summed E-state index contributed by atoms with van der Waals surface area (Å²) in [5.74, 6) is 1.11. The minimum absolute atomic E-state index is 0.184. The molecule has 2 heterocycles. The predicted octanol–water partition coefficient (Wildman–Crippen LogP) is 7.60. The van der Waals surface area contributed by atoms with Crippen molar-refractivity contribution in [3.05, 3.63) is 47.5 Å². The summed E-state index contributed by atoms with van der Waals surface area (Å²) in [6, 6.07) is 6.93. The topological polar surface area (TPSA) is 17.8 Å². The molecule has 2 nitrogen and oxygen atoms in total. The SMILES string of the molecule is CCSc1c(-c2nc3cc(C(F)(F)F)ccc3n2C)sc2cc(C(F)(F)F)ccc12. The van der Waals surface area contributed by atoms with Crippen molar-refractivity contribution in [2.24, 2.45) is 7.05 Å². The van der Waals surface area contributed by atoms with E-state index in [1.807, 2.05) is 6.92 Å². The van der Waals surface area contributed by atoms with Crippen molar-refractivity contribution in [3.8, 4) is 10.7 Å². The van der Waals surface area contributed by atoms with Crippen molar-refractivity contribution in [1.29, 1.82) is 0 Å². The number of hydrogen-bond donors (Lipinski definition) is 0. The fourth-order valence-corrected chi connectivity index (χ4v) is 5.64. The largest absolute Gasteiger partial charge is 0.416 e. The number of fused-ring (bicyclic) bond motifs is 2. The van der Waals surface area contributed by atoms with Crippen molar-refractivity contribution in [1.82, 2.24) is 9.55 Å². The monoisotopic (exact) mass is 460 g/mol. The summed E-state index contributed by atoms with van der Waals surface area (Å²) in [5.41, 5.74) is -0.841. The fraction of sp³-hybridized carbons (Fsp3) is 0.250. The maximum atomic E-state index is 13.1. The normalized spacial score (nSPS) is 12.9. The molecular formula is C20H14F6N2S2. The molecule has 0 atom stereocenters. The Labute approximate surface area is 175 Å². The molecule has 0 radical (unpaired) electrons. The Morgan fingerprint density at radius 1 is 0.967 bits per heavy atom. The van der Waals surface area contributed by atoms with Gasteiger partial charge in [-0.15, -0.1) is 23.1 Å². The van der Waals surface area contributed by atoms with Gasteiger partial charge in [0.2, 0.25) is 0 Å². The molecule has 30 heavy (non-hydrogen) atoms. The Hall–Kier alpha value is -2.20. The van der Waals surface area contributed by atoms with Crippen LogP contribution >= 0.6 is 23.1 Å². The van der Waals surface area contributed by atoms with E-state index in [9.17, 15) is 26.3 Å². The third kappa shape index (κ3) is 3.56. The van der Waals surface area contributed by atoms with Crippen LogP contribution in [0.4, 0.5) is 26.3 Å². The number of aromatic nitrogens is 2. The zero-order valence-corrected chi connectivity index (χ0v) is 17.3. The first-order chi connectivity index (χ1) is 14.0. The van der Waals surface area contributed by atoms with Gasteiger partial charge in [0.15, 0.2) is 5.82 Å². The number of hydrogen-bond acceptors (Lipinski definition) is 3. The molecule has 0 saturated heterocycles. The molecule has 4 aromatic rings. The maximum absolute atomic E-state index is 13.1. The molecule has 0 spiro atoms. The summed E-state index contributed by atoms with van der Waals surface area (Å²) in [6.07, 6.45) is -8.94. The lowest BCUT2D eigenvalue weighted by Gasteiger charge is -2.06. The van der Waals surface area contributed by atoms with Crippen molar-refractivity contribution >= 4 is 44.2 Å². The fourth-order valence-electron chi connectivity index (χ4n) is 3.26. The van der Waals surface area contributed by atoms with Crippen LogP contribution in [0.25, 0.3) is 31.8 Å². The molecule has 0 aliphatic carbocycles. The first-order valence-electron chi connectivity index (χ1n) is 8.81. The van der Waals surface area contributed by atoms with Gasteiger partial charge in [-0.05, 0) is 36.1 Å². The van der Waals surface area contributed by atoms with Crippen LogP contribution in [0.2, 0.25) is 0 Å². The second kappa shape index (κ2) is 7.19. The van der Waals surface area contributed by atoms with Crippen molar-refractivity contribution in [2.75, 3.05) is 5.75 Å². The van der Waals surface area contributed by atoms with Crippen molar-refractivity contribution in [2.45, 2.75) is 24.2 Å². The number of thioether (sulfide) groups is 1. The molecule has 0 fully saturated rings. The quantitative estimate of drug-likeness (QED) is 0.231. The molecule has 158 valence electrons. The summed E-state index contributed by atoms with van der Waals surface area (Å²) < 4.78 is 80.7. The number of nitrogens with zero attached hydrogens (tertiary/aromatic N) is 2. The molecule has 0 aliphatic heterocycles. The Bertz CT molecular complexity index is 1250. The minimum Gasteiger partial charge on any atom is -0.326 e. The van der Waals surface area contributed by atoms with Gasteiger partial charge in [-0.2, -0.15) is 26.3 Å². The number of imidazole rings is 1. The Morgan fingerprint density at radius 3 is 2.23 bits per heavy atom. The van der Waals surface area contributed by atoms with Gasteiger partial charge in [-0.3, -0.25) is 0 Å². The van der Waals surface area contributed by atoms with E-state index in [0.717, 1.165) is 40.5 Å². The van der Waals surface area contributed by atoms with Crippen LogP contribution in [0.5, 0.6) is 0 Å². The molecule has 0 saturated carbocycles. The lowest BCUT2D eigenvalue weighted by molar-refractivity contribution is -0.138. The number of thiophene rings is 1. The third-order valence-electron chi connectivity index (χ3n) is 4.67. The van der Waals surface area contributed by atoms with Gasteiger partial charge >= 0.3 is 12.4 Å². The smallest absolute Gasteiger partial charge is 0.326 e. The summed E-state index contributed by atoms with van der Waals surface area (Å²) in [5, 5.41) is 0.679. The molecule has 10 heteroatoms. The molecule has 4 rings (SSSR count). The highest BCUT2D eigenvalue weighted by Gasteiger charge is 2.32. The molecule has 0 N–H and O–H groups in total. The van der Waals surface area contributed by atoms with Gasteiger partial charge < -0.3 is 4.57 Å². The standard InChI is InChI=1S/C20H14F6N2S2/c1-3-29-16-12-6-4-11(20(24,25)26)9-15(12)30-17(16)18-27-13-8-10(19(21,22)23)5-7-14(13)28(18)2/h4-9H,3H2,1-2H3. The average molecular weight is 460 g/mol. The Balaban J connectivity index is 1.94. The van der Waals surface area contributed by atoms with Gasteiger partial charge in [0.05, 0.1) is 27.0 Å². The summed E-state index contributed by atoms with van der Waals surface area (Å²) in [4.78, 5) is 5.82. The van der Waals surface area contributed by atoms with Gasteiger partial charge in [0.25, 0.3) is 0 Å². The lowest BCUT2D eigenvalue weighted by atomic mass is 10.1. The highest BCUT2D eigenvalue weighted by molar-refractivity contribution is 7.99. The van der Waals surface area contributed by atoms with Crippen LogP contribution in [0.15, 0.2) is 41.3 Å². The average Bonchev–Trinajstić information content (AvgIpc) is 3.18. The summed E-state index contributed by atoms with van der Waals surface area (Å²) >= 11 is 2.63. The number of aryl methyl sites for hydroxylation is 1. The van der Waals surface area contributed by atoms with E-state index in [4.69, 9.17) is 0 Å². The first-order valence-corrected chi connectivity index (χ1v) is 10.6. The highest BCUT2D eigenvalue weighted by Crippen LogP contribution is 2.46. The zero-order chi connectivity index (χ0) is 21.8. The summed E-state index contributed by atoms with van der Waals surface area (Å²) in [6.45, 7) is 1.92. The van der Waals surface area contributed by atoms with Crippen LogP contribution < -0.4 is 0 Å². The van der Waals surface area contributed by atoms with Gasteiger partial charge in [0, 0.05) is 22.0 Å². The van der Waals surface area contributed by atoms with Crippen LogP contribution in [0.3, 0.4) is 0 Å². The van der Waals surface area contributed by atoms with Crippen LogP contribution in [-0.4, -0.2) is 15.3 Å². The highest BCUT2D eigenvalue weighted by atomic mass is 32.2. The van der Waals surface area contributed by atoms with E-state index in [1.54, 1.807) is 11.6 Å². The summed E-state index contributed by atoms with van der Waals surface area (Å²) in [7, 11) is 1.68. The Kier molecular flexibility index (Phi) is 5.05. The second-order valence-electron chi connectivity index (χ2n) is 6.60. The molecule has 0 bridgehead atoms. The van der Waals surface area contributed by atoms with Gasteiger partial charge in [0.1, 0.15) is 0 Å². The second-order valence-corrected chi connectivity index (χ2v) is 8.92. The van der Waals surface area contributed by atoms with Crippen LogP contribution in [0.1, 0.15) is 18.1 Å². The van der Waals surface area contributed by atoms with E-state index in [-0.39, 0.29) is 5.52 Å².